The number of anilines is 4. The molecule has 3 aromatic rings. The van der Waals surface area contributed by atoms with Crippen LogP contribution in [0.4, 0.5) is 22.7 Å². The molecule has 0 heterocycles. The van der Waals surface area contributed by atoms with Gasteiger partial charge in [0, 0.05) is 11.4 Å². The first-order chi connectivity index (χ1) is 13.5. The van der Waals surface area contributed by atoms with Gasteiger partial charge in [0.05, 0.1) is 11.4 Å². The topological polar surface area (TPSA) is 48.1 Å². The molecule has 0 saturated carbocycles. The zero-order valence-corrected chi connectivity index (χ0v) is 17.4. The summed E-state index contributed by atoms with van der Waals surface area (Å²) in [7, 11) is 0. The Hall–Kier alpha value is -2.96. The SMILES string of the molecule is Cc1cccc(NC(=S)Nc2ccccc2NC(=S)Nc2cccc(C)c2)c1. The maximum absolute atomic E-state index is 5.46. The second-order valence-corrected chi connectivity index (χ2v) is 7.26. The third kappa shape index (κ3) is 5.77. The summed E-state index contributed by atoms with van der Waals surface area (Å²) >= 11 is 10.9. The first-order valence-electron chi connectivity index (χ1n) is 8.88. The molecular weight excluding hydrogens is 384 g/mol. The molecule has 28 heavy (non-hydrogen) atoms. The second-order valence-electron chi connectivity index (χ2n) is 6.44. The smallest absolute Gasteiger partial charge is 0.175 e. The maximum atomic E-state index is 5.46. The van der Waals surface area contributed by atoms with E-state index in [1.807, 2.05) is 86.6 Å². The molecule has 0 atom stereocenters. The van der Waals surface area contributed by atoms with Gasteiger partial charge < -0.3 is 21.3 Å². The summed E-state index contributed by atoms with van der Waals surface area (Å²) in [5.41, 5.74) is 5.89. The molecule has 0 aliphatic rings. The Kier molecular flexibility index (Phi) is 6.57. The van der Waals surface area contributed by atoms with Crippen molar-refractivity contribution >= 4 is 57.4 Å². The number of benzene rings is 3. The molecule has 4 nitrogen and oxygen atoms in total. The number of aryl methyl sites for hydroxylation is 2. The number of hydrogen-bond donors (Lipinski definition) is 4. The van der Waals surface area contributed by atoms with Crippen LogP contribution in [0, 0.1) is 13.8 Å². The molecule has 0 bridgehead atoms. The molecule has 0 aliphatic carbocycles. The zero-order valence-electron chi connectivity index (χ0n) is 15.7. The molecule has 3 aromatic carbocycles. The zero-order chi connectivity index (χ0) is 19.9. The van der Waals surface area contributed by atoms with E-state index >= 15 is 0 Å². The van der Waals surface area contributed by atoms with Crippen LogP contribution in [0.15, 0.2) is 72.8 Å². The lowest BCUT2D eigenvalue weighted by Gasteiger charge is -2.16. The van der Waals surface area contributed by atoms with Crippen molar-refractivity contribution in [3.05, 3.63) is 83.9 Å². The Morgan fingerprint density at radius 2 is 1.00 bits per heavy atom. The van der Waals surface area contributed by atoms with Gasteiger partial charge in [-0.1, -0.05) is 36.4 Å². The minimum atomic E-state index is 0.511. The van der Waals surface area contributed by atoms with E-state index in [0.717, 1.165) is 22.7 Å². The van der Waals surface area contributed by atoms with E-state index in [0.29, 0.717) is 10.2 Å². The van der Waals surface area contributed by atoms with Crippen LogP contribution in [-0.2, 0) is 0 Å². The summed E-state index contributed by atoms with van der Waals surface area (Å²) in [5.74, 6) is 0. The molecule has 142 valence electrons. The number of para-hydroxylation sites is 2. The summed E-state index contributed by atoms with van der Waals surface area (Å²) in [6.45, 7) is 4.09. The summed E-state index contributed by atoms with van der Waals surface area (Å²) in [5, 5.41) is 13.9. The Morgan fingerprint density at radius 1 is 0.571 bits per heavy atom. The van der Waals surface area contributed by atoms with E-state index in [4.69, 9.17) is 24.4 Å². The van der Waals surface area contributed by atoms with Gasteiger partial charge in [0.2, 0.25) is 0 Å². The van der Waals surface area contributed by atoms with Crippen molar-refractivity contribution in [1.82, 2.24) is 0 Å². The molecule has 0 radical (unpaired) electrons. The fourth-order valence-corrected chi connectivity index (χ4v) is 3.17. The van der Waals surface area contributed by atoms with Crippen LogP contribution >= 0.6 is 24.4 Å². The van der Waals surface area contributed by atoms with Gasteiger partial charge in [-0.3, -0.25) is 0 Å². The Labute approximate surface area is 176 Å². The van der Waals surface area contributed by atoms with Crippen molar-refractivity contribution in [1.29, 1.82) is 0 Å². The lowest BCUT2D eigenvalue weighted by molar-refractivity contribution is 1.46. The van der Waals surface area contributed by atoms with Gasteiger partial charge in [0.15, 0.2) is 10.2 Å². The first kappa shape index (κ1) is 19.8. The van der Waals surface area contributed by atoms with Gasteiger partial charge >= 0.3 is 0 Å². The normalized spacial score (nSPS) is 10.1. The minimum Gasteiger partial charge on any atom is -0.332 e. The lowest BCUT2D eigenvalue weighted by Crippen LogP contribution is -2.23. The van der Waals surface area contributed by atoms with Crippen molar-refractivity contribution in [2.75, 3.05) is 21.3 Å². The number of nitrogens with one attached hydrogen (secondary N) is 4. The van der Waals surface area contributed by atoms with Gasteiger partial charge in [0.25, 0.3) is 0 Å². The predicted molar refractivity (Wildman–Crippen MR) is 128 cm³/mol. The third-order valence-electron chi connectivity index (χ3n) is 3.98. The highest BCUT2D eigenvalue weighted by Crippen LogP contribution is 2.22. The van der Waals surface area contributed by atoms with E-state index < -0.39 is 0 Å². The van der Waals surface area contributed by atoms with Crippen molar-refractivity contribution < 1.29 is 0 Å². The average molecular weight is 407 g/mol. The molecule has 0 unspecified atom stereocenters. The van der Waals surface area contributed by atoms with Gasteiger partial charge in [-0.05, 0) is 85.8 Å². The summed E-state index contributed by atoms with van der Waals surface area (Å²) in [6, 6.07) is 23.9. The van der Waals surface area contributed by atoms with E-state index in [9.17, 15) is 0 Å². The molecule has 4 N–H and O–H groups in total. The fourth-order valence-electron chi connectivity index (χ4n) is 2.72. The minimum absolute atomic E-state index is 0.511. The molecular formula is C22H22N4S2. The number of rotatable bonds is 4. The van der Waals surface area contributed by atoms with Gasteiger partial charge in [-0.15, -0.1) is 0 Å². The molecule has 0 aliphatic heterocycles. The van der Waals surface area contributed by atoms with Gasteiger partial charge in [0.1, 0.15) is 0 Å². The van der Waals surface area contributed by atoms with Crippen LogP contribution < -0.4 is 21.3 Å². The van der Waals surface area contributed by atoms with Crippen LogP contribution in [0.3, 0.4) is 0 Å². The van der Waals surface area contributed by atoms with Crippen molar-refractivity contribution in [3.8, 4) is 0 Å². The van der Waals surface area contributed by atoms with E-state index in [1.165, 1.54) is 11.1 Å². The van der Waals surface area contributed by atoms with Crippen molar-refractivity contribution in [2.24, 2.45) is 0 Å². The quantitative estimate of drug-likeness (QED) is 0.404. The van der Waals surface area contributed by atoms with Crippen molar-refractivity contribution in [2.45, 2.75) is 13.8 Å². The number of hydrogen-bond acceptors (Lipinski definition) is 2. The average Bonchev–Trinajstić information content (AvgIpc) is 2.63. The van der Waals surface area contributed by atoms with Crippen molar-refractivity contribution in [3.63, 3.8) is 0 Å². The second kappa shape index (κ2) is 9.30. The van der Waals surface area contributed by atoms with E-state index in [-0.39, 0.29) is 0 Å². The largest absolute Gasteiger partial charge is 0.332 e. The molecule has 3 rings (SSSR count). The molecule has 0 spiro atoms. The summed E-state index contributed by atoms with van der Waals surface area (Å²) < 4.78 is 0. The third-order valence-corrected chi connectivity index (χ3v) is 4.38. The Bertz CT molecular complexity index is 921. The highest BCUT2D eigenvalue weighted by molar-refractivity contribution is 7.81. The molecule has 0 amide bonds. The van der Waals surface area contributed by atoms with Crippen LogP contribution in [-0.4, -0.2) is 10.2 Å². The van der Waals surface area contributed by atoms with E-state index in [2.05, 4.69) is 21.3 Å². The monoisotopic (exact) mass is 406 g/mol. The van der Waals surface area contributed by atoms with Crippen LogP contribution in [0.25, 0.3) is 0 Å². The highest BCUT2D eigenvalue weighted by atomic mass is 32.1. The molecule has 6 heteroatoms. The highest BCUT2D eigenvalue weighted by Gasteiger charge is 2.07. The lowest BCUT2D eigenvalue weighted by atomic mass is 10.2. The standard InChI is InChI=1S/C22H22N4S2/c1-15-7-5-9-17(13-15)23-21(27)25-19-11-3-4-12-20(19)26-22(28)24-18-10-6-8-16(2)14-18/h3-14H,1-2H3,(H2,23,25,27)(H2,24,26,28). The van der Waals surface area contributed by atoms with Crippen LogP contribution in [0.2, 0.25) is 0 Å². The summed E-state index contributed by atoms with van der Waals surface area (Å²) in [6.07, 6.45) is 0. The first-order valence-corrected chi connectivity index (χ1v) is 9.69. The Morgan fingerprint density at radius 3 is 1.39 bits per heavy atom. The molecule has 0 saturated heterocycles. The Balaban J connectivity index is 1.65. The van der Waals surface area contributed by atoms with Gasteiger partial charge in [-0.2, -0.15) is 0 Å². The summed E-state index contributed by atoms with van der Waals surface area (Å²) in [4.78, 5) is 0. The fraction of sp³-hybridized carbons (Fsp3) is 0.0909. The number of thiocarbonyl (C=S) groups is 2. The van der Waals surface area contributed by atoms with E-state index in [1.54, 1.807) is 0 Å². The molecule has 0 aromatic heterocycles. The van der Waals surface area contributed by atoms with Crippen LogP contribution in [0.5, 0.6) is 0 Å². The van der Waals surface area contributed by atoms with Crippen LogP contribution in [0.1, 0.15) is 11.1 Å². The maximum Gasteiger partial charge on any atom is 0.175 e. The van der Waals surface area contributed by atoms with Gasteiger partial charge in [-0.25, -0.2) is 0 Å². The predicted octanol–water partition coefficient (Wildman–Crippen LogP) is 5.92. The molecule has 0 fully saturated rings.